The van der Waals surface area contributed by atoms with Gasteiger partial charge in [-0.1, -0.05) is 6.42 Å². The van der Waals surface area contributed by atoms with E-state index < -0.39 is 0 Å². The summed E-state index contributed by atoms with van der Waals surface area (Å²) in [7, 11) is 0. The largest absolute Gasteiger partial charge is 0.345 e. The van der Waals surface area contributed by atoms with Crippen molar-refractivity contribution in [1.29, 1.82) is 0 Å². The first-order valence-corrected chi connectivity index (χ1v) is 8.19. The monoisotopic (exact) mass is 298 g/mol. The van der Waals surface area contributed by atoms with Gasteiger partial charge in [0, 0.05) is 11.7 Å². The fourth-order valence-corrected chi connectivity index (χ4v) is 4.40. The van der Waals surface area contributed by atoms with Gasteiger partial charge in [0.15, 0.2) is 0 Å². The lowest BCUT2D eigenvalue weighted by Crippen LogP contribution is -2.42. The number of carbonyl (C=O) groups excluding carboxylic acids is 1. The number of nitrogens with one attached hydrogen (secondary N) is 3. The molecule has 0 radical (unpaired) electrons. The van der Waals surface area contributed by atoms with Gasteiger partial charge in [-0.15, -0.1) is 0 Å². The zero-order valence-electron chi connectivity index (χ0n) is 12.8. The molecule has 0 saturated heterocycles. The Morgan fingerprint density at radius 2 is 2.27 bits per heavy atom. The molecular formula is C17H22N4O. The Bertz CT molecular complexity index is 695. The highest BCUT2D eigenvalue weighted by Crippen LogP contribution is 2.49. The lowest BCUT2D eigenvalue weighted by Gasteiger charge is -2.28. The number of H-pyrrole nitrogens is 1. The van der Waals surface area contributed by atoms with E-state index in [0.29, 0.717) is 5.92 Å². The number of hydrogen-bond acceptors (Lipinski definition) is 2. The third-order valence-electron chi connectivity index (χ3n) is 5.47. The second kappa shape index (κ2) is 5.30. The highest BCUT2D eigenvalue weighted by Gasteiger charge is 2.42. The Morgan fingerprint density at radius 3 is 3.05 bits per heavy atom. The van der Waals surface area contributed by atoms with Crippen LogP contribution in [-0.2, 0) is 0 Å². The molecule has 3 N–H and O–H groups in total. The summed E-state index contributed by atoms with van der Waals surface area (Å²) in [6.07, 6.45) is 7.05. The maximum Gasteiger partial charge on any atom is 0.319 e. The number of carbonyl (C=O) groups is 1. The van der Waals surface area contributed by atoms with Crippen LogP contribution in [0.15, 0.2) is 24.5 Å². The molecule has 22 heavy (non-hydrogen) atoms. The van der Waals surface area contributed by atoms with Crippen molar-refractivity contribution in [2.24, 2.45) is 17.8 Å². The first-order chi connectivity index (χ1) is 10.7. The van der Waals surface area contributed by atoms with Crippen molar-refractivity contribution < 1.29 is 4.79 Å². The van der Waals surface area contributed by atoms with Crippen LogP contribution in [-0.4, -0.2) is 22.0 Å². The topological polar surface area (TPSA) is 69.8 Å². The highest BCUT2D eigenvalue weighted by atomic mass is 16.2. The summed E-state index contributed by atoms with van der Waals surface area (Å²) in [5.41, 5.74) is 2.62. The van der Waals surface area contributed by atoms with Gasteiger partial charge < -0.3 is 15.6 Å². The van der Waals surface area contributed by atoms with Gasteiger partial charge in [0.05, 0.1) is 17.4 Å². The number of amides is 2. The van der Waals surface area contributed by atoms with Crippen LogP contribution in [0.5, 0.6) is 0 Å². The molecule has 5 heteroatoms. The number of aromatic amines is 1. The Morgan fingerprint density at radius 1 is 1.36 bits per heavy atom. The van der Waals surface area contributed by atoms with E-state index in [2.05, 4.69) is 27.5 Å². The maximum atomic E-state index is 12.2. The molecule has 2 saturated carbocycles. The van der Waals surface area contributed by atoms with E-state index in [-0.39, 0.29) is 12.1 Å². The third-order valence-corrected chi connectivity index (χ3v) is 5.47. The van der Waals surface area contributed by atoms with E-state index in [4.69, 9.17) is 0 Å². The van der Waals surface area contributed by atoms with E-state index in [1.54, 1.807) is 6.33 Å². The van der Waals surface area contributed by atoms with Gasteiger partial charge in [-0.3, -0.25) is 0 Å². The van der Waals surface area contributed by atoms with Crippen molar-refractivity contribution in [2.75, 3.05) is 5.32 Å². The molecule has 4 rings (SSSR count). The normalized spacial score (nSPS) is 28.0. The molecule has 2 amide bonds. The minimum Gasteiger partial charge on any atom is -0.345 e. The van der Waals surface area contributed by atoms with Crippen molar-refractivity contribution >= 4 is 22.8 Å². The smallest absolute Gasteiger partial charge is 0.319 e. The number of nitrogens with zero attached hydrogens (tertiary/aromatic N) is 1. The fourth-order valence-electron chi connectivity index (χ4n) is 4.40. The second-order valence-corrected chi connectivity index (χ2v) is 6.86. The van der Waals surface area contributed by atoms with E-state index in [9.17, 15) is 4.79 Å². The Labute approximate surface area is 129 Å². The fraction of sp³-hybridized carbons (Fsp3) is 0.529. The average Bonchev–Trinajstić information content (AvgIpc) is 3.22. The molecule has 2 aliphatic rings. The van der Waals surface area contributed by atoms with Crippen LogP contribution in [0.4, 0.5) is 10.5 Å². The summed E-state index contributed by atoms with van der Waals surface area (Å²) in [4.78, 5) is 19.4. The van der Waals surface area contributed by atoms with E-state index in [0.717, 1.165) is 28.6 Å². The lowest BCUT2D eigenvalue weighted by atomic mass is 9.84. The summed E-state index contributed by atoms with van der Waals surface area (Å²) in [5, 5.41) is 6.05. The first-order valence-electron chi connectivity index (χ1n) is 8.19. The molecule has 1 aromatic heterocycles. The summed E-state index contributed by atoms with van der Waals surface area (Å²) >= 11 is 0. The number of urea groups is 1. The standard InChI is InChI=1S/C17H22N4O/c1-10(14-7-11-2-3-12(14)6-11)20-17(22)21-13-4-5-15-16(8-13)19-9-18-15/h4-5,8-12,14H,2-3,6-7H2,1H3,(H,18,19)(H2,20,21,22). The zero-order chi connectivity index (χ0) is 15.1. The molecule has 2 fully saturated rings. The van der Waals surface area contributed by atoms with Crippen LogP contribution in [0.25, 0.3) is 11.0 Å². The number of rotatable bonds is 3. The van der Waals surface area contributed by atoms with Crippen LogP contribution < -0.4 is 10.6 Å². The van der Waals surface area contributed by atoms with Crippen LogP contribution in [0.3, 0.4) is 0 Å². The van der Waals surface area contributed by atoms with Crippen molar-refractivity contribution in [1.82, 2.24) is 15.3 Å². The molecule has 4 atom stereocenters. The molecule has 1 heterocycles. The molecule has 2 aromatic rings. The predicted octanol–water partition coefficient (Wildman–Crippen LogP) is 3.51. The quantitative estimate of drug-likeness (QED) is 0.811. The van der Waals surface area contributed by atoms with Crippen molar-refractivity contribution in [3.05, 3.63) is 24.5 Å². The summed E-state index contributed by atoms with van der Waals surface area (Å²) in [6.45, 7) is 2.14. The maximum absolute atomic E-state index is 12.2. The molecule has 116 valence electrons. The molecule has 0 spiro atoms. The minimum absolute atomic E-state index is 0.117. The van der Waals surface area contributed by atoms with Crippen LogP contribution >= 0.6 is 0 Å². The van der Waals surface area contributed by atoms with Crippen molar-refractivity contribution in [3.63, 3.8) is 0 Å². The van der Waals surface area contributed by atoms with E-state index in [1.807, 2.05) is 18.2 Å². The van der Waals surface area contributed by atoms with Crippen LogP contribution in [0, 0.1) is 17.8 Å². The predicted molar refractivity (Wildman–Crippen MR) is 86.6 cm³/mol. The van der Waals surface area contributed by atoms with Crippen LogP contribution in [0.1, 0.15) is 32.6 Å². The molecular weight excluding hydrogens is 276 g/mol. The molecule has 0 aliphatic heterocycles. The van der Waals surface area contributed by atoms with Gasteiger partial charge in [-0.2, -0.15) is 0 Å². The molecule has 2 aliphatic carbocycles. The number of benzene rings is 1. The Hall–Kier alpha value is -2.04. The van der Waals surface area contributed by atoms with Gasteiger partial charge in [-0.05, 0) is 62.1 Å². The lowest BCUT2D eigenvalue weighted by molar-refractivity contribution is 0.230. The number of anilines is 1. The van der Waals surface area contributed by atoms with E-state index >= 15 is 0 Å². The SMILES string of the molecule is CC(NC(=O)Nc1ccc2nc[nH]c2c1)C1CC2CCC1C2. The molecule has 5 nitrogen and oxygen atoms in total. The molecule has 1 aromatic carbocycles. The number of aromatic nitrogens is 2. The van der Waals surface area contributed by atoms with Gasteiger partial charge in [0.2, 0.25) is 0 Å². The Balaban J connectivity index is 1.37. The van der Waals surface area contributed by atoms with Gasteiger partial charge in [-0.25, -0.2) is 9.78 Å². The van der Waals surface area contributed by atoms with Gasteiger partial charge in [0.1, 0.15) is 0 Å². The average molecular weight is 298 g/mol. The van der Waals surface area contributed by atoms with Crippen molar-refractivity contribution in [2.45, 2.75) is 38.6 Å². The first kappa shape index (κ1) is 13.6. The number of fused-ring (bicyclic) bond motifs is 3. The third kappa shape index (κ3) is 2.45. The van der Waals surface area contributed by atoms with Crippen molar-refractivity contribution in [3.8, 4) is 0 Å². The highest BCUT2D eigenvalue weighted by molar-refractivity contribution is 5.91. The zero-order valence-corrected chi connectivity index (χ0v) is 12.8. The number of imidazole rings is 1. The minimum atomic E-state index is -0.117. The summed E-state index contributed by atoms with van der Waals surface area (Å²) < 4.78 is 0. The van der Waals surface area contributed by atoms with Crippen LogP contribution in [0.2, 0.25) is 0 Å². The summed E-state index contributed by atoms with van der Waals surface area (Å²) in [6, 6.07) is 5.82. The molecule has 4 unspecified atom stereocenters. The number of hydrogen-bond donors (Lipinski definition) is 3. The van der Waals surface area contributed by atoms with Gasteiger partial charge in [0.25, 0.3) is 0 Å². The molecule has 2 bridgehead atoms. The van der Waals surface area contributed by atoms with Gasteiger partial charge >= 0.3 is 6.03 Å². The Kier molecular flexibility index (Phi) is 3.28. The summed E-state index contributed by atoms with van der Waals surface area (Å²) in [5.74, 6) is 2.38. The van der Waals surface area contributed by atoms with E-state index in [1.165, 1.54) is 25.7 Å². The second-order valence-electron chi connectivity index (χ2n) is 6.86.